The van der Waals surface area contributed by atoms with Crippen molar-refractivity contribution < 1.29 is 17.6 Å². The van der Waals surface area contributed by atoms with Crippen LogP contribution in [0.25, 0.3) is 0 Å². The maximum Gasteiger partial charge on any atom is 0.249 e. The maximum atomic E-state index is 13.1. The maximum absolute atomic E-state index is 13.1. The number of carbonyl (C=O) groups excluding carboxylic acids is 1. The van der Waals surface area contributed by atoms with Crippen molar-refractivity contribution in [2.45, 2.75) is 17.3 Å². The Balaban J connectivity index is 2.18. The average Bonchev–Trinajstić information content (AvgIpc) is 3.01. The topological polar surface area (TPSA) is 92.3 Å². The number of nitrogens with zero attached hydrogens (tertiary/aromatic N) is 3. The molecular formula is C15H17FN4O3S3. The summed E-state index contributed by atoms with van der Waals surface area (Å²) in [6.45, 7) is 5.05. The fraction of sp³-hybridized carbons (Fsp3) is 0.267. The summed E-state index contributed by atoms with van der Waals surface area (Å²) in [5.74, 6) is -0.417. The zero-order valence-corrected chi connectivity index (χ0v) is 16.5. The van der Waals surface area contributed by atoms with Crippen molar-refractivity contribution in [1.82, 2.24) is 10.2 Å². The second-order valence-corrected chi connectivity index (χ2v) is 9.28. The molecule has 7 nitrogen and oxygen atoms in total. The number of nitrogens with one attached hydrogen (secondary N) is 1. The Labute approximate surface area is 159 Å². The first kappa shape index (κ1) is 20.3. The van der Waals surface area contributed by atoms with Gasteiger partial charge in [0.25, 0.3) is 0 Å². The van der Waals surface area contributed by atoms with Crippen molar-refractivity contribution >= 4 is 49.8 Å². The Hall–Kier alpha value is -1.98. The molecule has 0 saturated carbocycles. The highest BCUT2D eigenvalue weighted by molar-refractivity contribution is 8.01. The first-order chi connectivity index (χ1) is 12.2. The van der Waals surface area contributed by atoms with Gasteiger partial charge in [0.1, 0.15) is 11.9 Å². The van der Waals surface area contributed by atoms with Crippen LogP contribution in [0.3, 0.4) is 0 Å². The van der Waals surface area contributed by atoms with Crippen molar-refractivity contribution in [2.24, 2.45) is 0 Å². The Morgan fingerprint density at radius 2 is 2.08 bits per heavy atom. The Morgan fingerprint density at radius 3 is 2.65 bits per heavy atom. The van der Waals surface area contributed by atoms with E-state index in [1.807, 2.05) is 0 Å². The van der Waals surface area contributed by atoms with Crippen LogP contribution in [-0.2, 0) is 14.8 Å². The molecule has 0 saturated heterocycles. The molecular weight excluding hydrogens is 399 g/mol. The molecule has 0 bridgehead atoms. The highest BCUT2D eigenvalue weighted by Gasteiger charge is 2.29. The lowest BCUT2D eigenvalue weighted by atomic mass is 10.2. The fourth-order valence-corrected chi connectivity index (χ4v) is 4.75. The summed E-state index contributed by atoms with van der Waals surface area (Å²) in [7, 11) is -3.77. The van der Waals surface area contributed by atoms with Crippen molar-refractivity contribution in [1.29, 1.82) is 0 Å². The summed E-state index contributed by atoms with van der Waals surface area (Å²) < 4.78 is 39.0. The first-order valence-corrected chi connectivity index (χ1v) is 11.0. The molecule has 11 heteroatoms. The number of carbonyl (C=O) groups is 1. The number of hydrogen-bond donors (Lipinski definition) is 1. The monoisotopic (exact) mass is 416 g/mol. The van der Waals surface area contributed by atoms with Gasteiger partial charge in [-0.05, 0) is 31.2 Å². The summed E-state index contributed by atoms with van der Waals surface area (Å²) in [6, 6.07) is 3.80. The molecule has 0 aliphatic heterocycles. The first-order valence-electron chi connectivity index (χ1n) is 7.35. The number of anilines is 2. The molecule has 1 atom stereocenters. The van der Waals surface area contributed by atoms with Gasteiger partial charge in [0.15, 0.2) is 4.34 Å². The molecule has 1 N–H and O–H groups in total. The Bertz CT molecular complexity index is 884. The van der Waals surface area contributed by atoms with Crippen molar-refractivity contribution in [3.63, 3.8) is 0 Å². The van der Waals surface area contributed by atoms with E-state index in [1.54, 1.807) is 6.08 Å². The second-order valence-electron chi connectivity index (χ2n) is 5.17. The lowest BCUT2D eigenvalue weighted by Crippen LogP contribution is -2.45. The van der Waals surface area contributed by atoms with Crippen LogP contribution in [0.2, 0.25) is 0 Å². The van der Waals surface area contributed by atoms with E-state index in [2.05, 4.69) is 22.1 Å². The van der Waals surface area contributed by atoms with Crippen LogP contribution in [0.15, 0.2) is 41.3 Å². The zero-order chi connectivity index (χ0) is 19.3. The van der Waals surface area contributed by atoms with Crippen LogP contribution >= 0.6 is 23.1 Å². The van der Waals surface area contributed by atoms with E-state index in [-0.39, 0.29) is 10.8 Å². The summed E-state index contributed by atoms with van der Waals surface area (Å²) in [5, 5.41) is 10.6. The number of benzene rings is 1. The van der Waals surface area contributed by atoms with E-state index in [1.165, 1.54) is 42.2 Å². The number of halogens is 1. The quantitative estimate of drug-likeness (QED) is 0.404. The van der Waals surface area contributed by atoms with E-state index in [0.717, 1.165) is 22.7 Å². The van der Waals surface area contributed by atoms with Gasteiger partial charge < -0.3 is 0 Å². The molecule has 2 rings (SSSR count). The Morgan fingerprint density at radius 1 is 1.42 bits per heavy atom. The molecule has 1 heterocycles. The van der Waals surface area contributed by atoms with Gasteiger partial charge in [0, 0.05) is 5.75 Å². The summed E-state index contributed by atoms with van der Waals surface area (Å²) in [6.07, 6.45) is 2.70. The molecule has 0 radical (unpaired) electrons. The van der Waals surface area contributed by atoms with E-state index in [9.17, 15) is 17.6 Å². The molecule has 26 heavy (non-hydrogen) atoms. The largest absolute Gasteiger partial charge is 0.299 e. The standard InChI is InChI=1S/C15H17FN4O3S3/c1-4-9-24-15-19-18-14(25-15)17-13(21)10(2)20(26(3,22)23)12-7-5-11(16)6-8-12/h4-8,10H,1,9H2,2-3H3,(H,17,18,21). The second kappa shape index (κ2) is 8.60. The lowest BCUT2D eigenvalue weighted by Gasteiger charge is -2.27. The molecule has 0 aliphatic rings. The van der Waals surface area contributed by atoms with Crippen LogP contribution in [0.5, 0.6) is 0 Å². The van der Waals surface area contributed by atoms with Gasteiger partial charge in [-0.1, -0.05) is 29.2 Å². The van der Waals surface area contributed by atoms with E-state index in [4.69, 9.17) is 0 Å². The third-order valence-corrected chi connectivity index (χ3v) is 6.34. The lowest BCUT2D eigenvalue weighted by molar-refractivity contribution is -0.116. The number of sulfonamides is 1. The van der Waals surface area contributed by atoms with Gasteiger partial charge in [-0.3, -0.25) is 14.4 Å². The van der Waals surface area contributed by atoms with Crippen molar-refractivity contribution in [3.05, 3.63) is 42.7 Å². The molecule has 2 aromatic rings. The third-order valence-electron chi connectivity index (χ3n) is 3.13. The molecule has 1 amide bonds. The molecule has 1 aromatic heterocycles. The summed E-state index contributed by atoms with van der Waals surface area (Å²) >= 11 is 2.60. The van der Waals surface area contributed by atoms with E-state index in [0.29, 0.717) is 10.1 Å². The van der Waals surface area contributed by atoms with Crippen LogP contribution in [0.1, 0.15) is 6.92 Å². The normalized spacial score (nSPS) is 12.4. The smallest absolute Gasteiger partial charge is 0.249 e. The molecule has 0 fully saturated rings. The van der Waals surface area contributed by atoms with Crippen molar-refractivity contribution in [2.75, 3.05) is 21.6 Å². The minimum Gasteiger partial charge on any atom is -0.299 e. The van der Waals surface area contributed by atoms with E-state index < -0.39 is 27.8 Å². The van der Waals surface area contributed by atoms with Crippen LogP contribution in [0.4, 0.5) is 15.2 Å². The minimum atomic E-state index is -3.77. The highest BCUT2D eigenvalue weighted by atomic mass is 32.2. The third kappa shape index (κ3) is 5.26. The average molecular weight is 417 g/mol. The highest BCUT2D eigenvalue weighted by Crippen LogP contribution is 2.26. The predicted molar refractivity (Wildman–Crippen MR) is 103 cm³/mol. The predicted octanol–water partition coefficient (Wildman–Crippen LogP) is 2.75. The van der Waals surface area contributed by atoms with Crippen LogP contribution in [0, 0.1) is 5.82 Å². The Kier molecular flexibility index (Phi) is 6.73. The summed E-state index contributed by atoms with van der Waals surface area (Å²) in [5.41, 5.74) is 0.191. The van der Waals surface area contributed by atoms with Gasteiger partial charge in [-0.2, -0.15) is 0 Å². The van der Waals surface area contributed by atoms with Gasteiger partial charge in [0.2, 0.25) is 21.1 Å². The molecule has 140 valence electrons. The minimum absolute atomic E-state index is 0.191. The number of thioether (sulfide) groups is 1. The number of amides is 1. The SMILES string of the molecule is C=CCSc1nnc(NC(=O)C(C)N(c2ccc(F)cc2)S(C)(=O)=O)s1. The fourth-order valence-electron chi connectivity index (χ4n) is 2.06. The van der Waals surface area contributed by atoms with Gasteiger partial charge in [-0.25, -0.2) is 12.8 Å². The van der Waals surface area contributed by atoms with Crippen LogP contribution in [-0.4, -0.2) is 42.6 Å². The van der Waals surface area contributed by atoms with Crippen LogP contribution < -0.4 is 9.62 Å². The number of rotatable bonds is 8. The molecule has 1 aromatic carbocycles. The molecule has 0 aliphatic carbocycles. The zero-order valence-electron chi connectivity index (χ0n) is 14.0. The van der Waals surface area contributed by atoms with Gasteiger partial charge in [0.05, 0.1) is 11.9 Å². The van der Waals surface area contributed by atoms with Gasteiger partial charge in [-0.15, -0.1) is 16.8 Å². The van der Waals surface area contributed by atoms with E-state index >= 15 is 0 Å². The molecule has 0 spiro atoms. The number of aromatic nitrogens is 2. The van der Waals surface area contributed by atoms with Gasteiger partial charge >= 0.3 is 0 Å². The summed E-state index contributed by atoms with van der Waals surface area (Å²) in [4.78, 5) is 12.5. The molecule has 1 unspecified atom stereocenters. The number of hydrogen-bond acceptors (Lipinski definition) is 7. The van der Waals surface area contributed by atoms with Crippen molar-refractivity contribution in [3.8, 4) is 0 Å².